The van der Waals surface area contributed by atoms with E-state index in [1.54, 1.807) is 42.1 Å². The molecule has 0 aliphatic carbocycles. The Morgan fingerprint density at radius 3 is 1.82 bits per heavy atom. The Bertz CT molecular complexity index is 3440. The molecule has 8 rings (SSSR count). The van der Waals surface area contributed by atoms with Crippen molar-refractivity contribution < 1.29 is 85.9 Å². The van der Waals surface area contributed by atoms with Gasteiger partial charge < -0.3 is 46.6 Å². The largest absolute Gasteiger partial charge is 0.480 e. The molecule has 2 aromatic rings. The van der Waals surface area contributed by atoms with Gasteiger partial charge in [-0.05, 0) is 74.1 Å². The van der Waals surface area contributed by atoms with Crippen molar-refractivity contribution in [3.05, 3.63) is 70.8 Å². The maximum atomic E-state index is 15.1. The first-order valence-electron chi connectivity index (χ1n) is 37.2. The molecular weight excluding hydrogens is 1550 g/mol. The number of ketones is 3. The maximum Gasteiger partial charge on any atom is 0.323 e. The van der Waals surface area contributed by atoms with E-state index in [9.17, 15) is 72.5 Å². The number of primary amides is 1. The molecule has 6 bridgehead atoms. The Kier molecular flexibility index (Phi) is 35.1. The third-order valence-electron chi connectivity index (χ3n) is 19.8. The van der Waals surface area contributed by atoms with Crippen LogP contribution in [0.4, 0.5) is 0 Å². The summed E-state index contributed by atoms with van der Waals surface area (Å²) < 4.78 is 16.5. The molecule has 2 aromatic carbocycles. The fourth-order valence-corrected chi connectivity index (χ4v) is 20.0. The second-order valence-electron chi connectivity index (χ2n) is 28.5. The number of carbonyl (C=O) groups excluding carboxylic acids is 13. The predicted molar refractivity (Wildman–Crippen MR) is 400 cm³/mol. The number of fused-ring (bicyclic) bond motifs is 11. The van der Waals surface area contributed by atoms with Crippen molar-refractivity contribution in [1.82, 2.24) is 50.2 Å². The van der Waals surface area contributed by atoms with Gasteiger partial charge in [-0.25, -0.2) is 0 Å². The van der Waals surface area contributed by atoms with Crippen LogP contribution >= 0.6 is 35.3 Å². The van der Waals surface area contributed by atoms with Crippen molar-refractivity contribution in [2.75, 3.05) is 122 Å². The average Bonchev–Trinajstić information content (AvgIpc) is 1.68. The van der Waals surface area contributed by atoms with Crippen LogP contribution in [0.2, 0.25) is 0 Å². The van der Waals surface area contributed by atoms with Crippen LogP contribution in [0.5, 0.6) is 0 Å². The summed E-state index contributed by atoms with van der Waals surface area (Å²) in [6.45, 7) is 6.42. The molecule has 0 radical (unpaired) electrons. The normalized spacial score (nSPS) is 25.8. The molecule has 7 N–H and O–H groups in total. The van der Waals surface area contributed by atoms with Gasteiger partial charge >= 0.3 is 197 Å². The predicted octanol–water partition coefficient (Wildman–Crippen LogP) is 1.21. The zero-order valence-corrected chi connectivity index (χ0v) is 67.3. The Balaban J connectivity index is 1.05. The van der Waals surface area contributed by atoms with E-state index in [2.05, 4.69) is 22.0 Å². The first-order chi connectivity index (χ1) is 51.3. The van der Waals surface area contributed by atoms with Gasteiger partial charge in [0.2, 0.25) is 41.4 Å². The fourth-order valence-electron chi connectivity index (χ4n) is 14.1. The second kappa shape index (κ2) is 43.7. The number of hydrogen-bond donors (Lipinski definition) is 6. The minimum absolute atomic E-state index is 0.00726. The number of unbranched alkanes of at least 4 members (excludes halogenated alkanes) is 2. The van der Waals surface area contributed by atoms with Crippen molar-refractivity contribution in [2.45, 2.75) is 164 Å². The third-order valence-corrected chi connectivity index (χ3v) is 27.2. The van der Waals surface area contributed by atoms with Gasteiger partial charge in [0.05, 0.1) is 24.0 Å². The number of likely N-dealkylation sites (N-methyl/N-ethyl adjacent to an activating group) is 1. The molecule has 586 valence electrons. The summed E-state index contributed by atoms with van der Waals surface area (Å²) in [7, 11) is 1.32. The Morgan fingerprint density at radius 1 is 0.664 bits per heavy atom. The van der Waals surface area contributed by atoms with Crippen LogP contribution in [0.15, 0.2) is 48.5 Å². The maximum absolute atomic E-state index is 15.1. The number of carboxylic acids is 1. The van der Waals surface area contributed by atoms with E-state index in [1.807, 2.05) is 38.7 Å². The van der Waals surface area contributed by atoms with Gasteiger partial charge in [0, 0.05) is 74.6 Å². The number of carbonyl (C=O) groups is 14. The van der Waals surface area contributed by atoms with E-state index in [1.165, 1.54) is 47.3 Å². The summed E-state index contributed by atoms with van der Waals surface area (Å²) in [5, 5.41) is 28.8. The summed E-state index contributed by atoms with van der Waals surface area (Å²) >= 11 is 0.107. The molecule has 34 heteroatoms. The van der Waals surface area contributed by atoms with E-state index in [4.69, 9.17) is 14.3 Å². The van der Waals surface area contributed by atoms with Crippen LogP contribution in [0.25, 0.3) is 0 Å². The molecule has 6 aliphatic heterocycles. The van der Waals surface area contributed by atoms with E-state index in [0.29, 0.717) is 113 Å². The van der Waals surface area contributed by atoms with Gasteiger partial charge in [-0.1, -0.05) is 68.3 Å². The standard InChI is InChI=1S/C73H107N11O19S3.In/c1-4-5-7-15-55(86)36-53-46-105-44-51-32-50(43-104-31-12-16-56(87)38-79-23-25-80(40-64(92)93)27-29-82(42-66(96)97)30-28-81(26-24-79)41-65(94)95)33-52(34-51)45-106-47-54(71(101)78(3)39-63(90)91)37-61(88)58(35-49-13-8-6-9-14-49)76-68(98)57(19-20-62(74)89)75-70(100)67(48(2)85)77-69(99)59-17-10-21-83(59)73(103)60-18-11-22-84(60)72(53)102;/h6,8-9,13-14,32-34,48,53-54,57-60,67,85H,4-5,7,10-12,15-31,35-47H2,1-3H3,(H2,74,89)(H,75,100)(H,76,98)(H,77,99)(H,90,91)(H,92,93)(H,94,95)(H,96,97);/q;+3/p-3/t48-,53+,54+,57+,58+,59+,60+,67+;/m1./s1. The number of nitrogens with two attached hydrogens (primary N) is 1. The van der Waals surface area contributed by atoms with Crippen molar-refractivity contribution in [3.63, 3.8) is 0 Å². The van der Waals surface area contributed by atoms with Crippen LogP contribution in [0, 0.1) is 11.8 Å². The number of hydrogen-bond acceptors (Lipinski definition) is 25. The molecule has 0 aromatic heterocycles. The summed E-state index contributed by atoms with van der Waals surface area (Å²) in [5.41, 5.74) is 8.82. The Labute approximate surface area is 647 Å². The molecule has 6 aliphatic rings. The van der Waals surface area contributed by atoms with Crippen LogP contribution in [-0.4, -0.2) is 309 Å². The van der Waals surface area contributed by atoms with Crippen LogP contribution in [0.1, 0.15) is 126 Å². The average molecular weight is 1650 g/mol. The number of aliphatic carboxylic acids is 1. The SMILES string of the molecule is CCCCCC(=O)C[C@H]1CSCc2cc(CSCCCC(=O)CN3CCN4CCN5CCN(CC3)CC(=O)[O][In]([O]C(=O)C4)[O]C(=O)C5)cc(c2)CSC[C@@H](C(=O)N(C)CC(=O)O)CC(=O)[C@H](Cc2ccccc2)NC(=O)[C@H](CCC(N)=O)NC(=O)[C@H]([C@@H](C)O)NC(=O)[C@@H]2CCCN2C(=O)[C@@H]2CCCN2C1=O. The fraction of sp³-hybridized carbons (Fsp3) is 0.644. The molecule has 0 spiro atoms. The first-order valence-corrected chi connectivity index (χ1v) is 44.7. The number of thioether (sulfide) groups is 3. The topological polar surface area (TPSA) is 392 Å². The van der Waals surface area contributed by atoms with E-state index in [0.717, 1.165) is 34.4 Å². The van der Waals surface area contributed by atoms with Gasteiger partial charge in [-0.2, -0.15) is 35.3 Å². The molecule has 2 unspecified atom stereocenters. The quantitative estimate of drug-likeness (QED) is 0.0852. The number of rotatable bonds is 23. The molecule has 107 heavy (non-hydrogen) atoms. The third kappa shape index (κ3) is 28.0. The zero-order valence-electron chi connectivity index (χ0n) is 61.5. The zero-order chi connectivity index (χ0) is 77.1. The van der Waals surface area contributed by atoms with Gasteiger partial charge in [0.1, 0.15) is 36.5 Å². The number of amides is 7. The molecule has 10 atom stereocenters. The summed E-state index contributed by atoms with van der Waals surface area (Å²) in [6.07, 6.45) is 1.82. The summed E-state index contributed by atoms with van der Waals surface area (Å²) in [5.74, 6) is -8.83. The molecule has 5 saturated heterocycles. The van der Waals surface area contributed by atoms with Crippen LogP contribution in [0.3, 0.4) is 0 Å². The number of aliphatic hydroxyl groups excluding tert-OH is 1. The molecular formula is C73H104InN11O19S3. The van der Waals surface area contributed by atoms with Gasteiger partial charge in [0.25, 0.3) is 0 Å². The van der Waals surface area contributed by atoms with Crippen molar-refractivity contribution >= 4 is 141 Å². The minimum Gasteiger partial charge on any atom is -0.480 e. The first kappa shape index (κ1) is 85.9. The molecule has 6 heterocycles. The Morgan fingerprint density at radius 2 is 1.23 bits per heavy atom. The van der Waals surface area contributed by atoms with Crippen LogP contribution < -0.4 is 21.7 Å². The number of Topliss-reactive ketones (excluding diaryl/α,β-unsaturated/α-hetero) is 3. The summed E-state index contributed by atoms with van der Waals surface area (Å²) in [6, 6.07) is 8.04. The van der Waals surface area contributed by atoms with Crippen molar-refractivity contribution in [3.8, 4) is 0 Å². The molecule has 30 nitrogen and oxygen atoms in total. The number of nitrogens with zero attached hydrogens (tertiary/aromatic N) is 7. The van der Waals surface area contributed by atoms with Gasteiger partial charge in [-0.15, -0.1) is 0 Å². The molecule has 5 fully saturated rings. The van der Waals surface area contributed by atoms with Crippen molar-refractivity contribution in [2.24, 2.45) is 17.6 Å². The number of benzene rings is 2. The van der Waals surface area contributed by atoms with Gasteiger partial charge in [0.15, 0.2) is 5.78 Å². The van der Waals surface area contributed by atoms with Gasteiger partial charge in [-0.3, -0.25) is 47.9 Å². The molecule has 0 saturated carbocycles. The second-order valence-corrected chi connectivity index (χ2v) is 35.4. The van der Waals surface area contributed by atoms with E-state index >= 15 is 4.79 Å². The van der Waals surface area contributed by atoms with E-state index < -0.39 is 155 Å². The smallest absolute Gasteiger partial charge is 0.323 e. The number of carboxylic acid groups (broad SMARTS) is 1. The summed E-state index contributed by atoms with van der Waals surface area (Å²) in [4.78, 5) is 206. The monoisotopic (exact) mass is 1650 g/mol. The Hall–Kier alpha value is -6.66. The number of aliphatic hydroxyl groups is 1. The number of nitrogens with one attached hydrogen (secondary N) is 3. The van der Waals surface area contributed by atoms with E-state index in [-0.39, 0.29) is 107 Å². The molecule has 7 amide bonds. The minimum atomic E-state index is -4.32. The van der Waals surface area contributed by atoms with Crippen molar-refractivity contribution in [1.29, 1.82) is 0 Å². The van der Waals surface area contributed by atoms with Crippen LogP contribution in [-0.2, 0) is 99.4 Å².